The summed E-state index contributed by atoms with van der Waals surface area (Å²) in [5, 5.41) is 11.0. The van der Waals surface area contributed by atoms with Gasteiger partial charge in [-0.25, -0.2) is 9.37 Å². The predicted octanol–water partition coefficient (Wildman–Crippen LogP) is 2.74. The molecule has 2 aromatic heterocycles. The van der Waals surface area contributed by atoms with E-state index in [1.807, 2.05) is 24.4 Å². The van der Waals surface area contributed by atoms with E-state index in [0.29, 0.717) is 24.5 Å². The smallest absolute Gasteiger partial charge is 0.247 e. The van der Waals surface area contributed by atoms with E-state index in [2.05, 4.69) is 41.9 Å². The van der Waals surface area contributed by atoms with Gasteiger partial charge in [-0.05, 0) is 52.4 Å². The van der Waals surface area contributed by atoms with E-state index in [1.54, 1.807) is 17.2 Å². The number of aromatic nitrogens is 6. The number of aliphatic imine (C=N–C) groups is 1. The van der Waals surface area contributed by atoms with Crippen LogP contribution in [-0.4, -0.2) is 97.2 Å². The highest BCUT2D eigenvalue weighted by molar-refractivity contribution is 6.31. The number of carbonyl (C=O) groups is 2. The maximum atomic E-state index is 15.2. The SMILES string of the molecule is CN1CCN(c2ncc3n2CCN(C(=O)/C=C/c2c(-n4cnnn4)ccc(Cl)c2F)C3C(=O)Cc2ccc3c(c2)CN=C3)CC1. The second-order valence-electron chi connectivity index (χ2n) is 11.4. The molecule has 0 radical (unpaired) electrons. The molecule has 14 heteroatoms. The Hall–Kier alpha value is -4.75. The van der Waals surface area contributed by atoms with E-state index in [0.717, 1.165) is 48.8 Å². The average molecular weight is 629 g/mol. The van der Waals surface area contributed by atoms with Gasteiger partial charge in [-0.15, -0.1) is 5.10 Å². The minimum atomic E-state index is -0.877. The molecule has 0 aliphatic carbocycles. The molecule has 3 aliphatic rings. The molecule has 1 amide bonds. The number of rotatable bonds is 7. The van der Waals surface area contributed by atoms with Crippen molar-refractivity contribution in [2.45, 2.75) is 25.6 Å². The largest absolute Gasteiger partial charge is 0.340 e. The number of ketones is 1. The van der Waals surface area contributed by atoms with Crippen molar-refractivity contribution < 1.29 is 14.0 Å². The standard InChI is InChI=1S/C31H30ClFN10O2/c1-39-8-10-40(11-9-39)31-35-18-26-30(27(44)15-20-2-3-21-16-34-17-22(21)14-20)42(13-12-41(26)31)28(45)7-4-23-25(43-19-36-37-38-43)6-5-24(32)29(23)33/h2-7,14,16,18-19,30H,8-13,15,17H2,1H3/b7-4+. The Morgan fingerprint density at radius 2 is 1.93 bits per heavy atom. The van der Waals surface area contributed by atoms with Gasteiger partial charge in [0.25, 0.3) is 0 Å². The van der Waals surface area contributed by atoms with Crippen molar-refractivity contribution >= 4 is 41.5 Å². The van der Waals surface area contributed by atoms with Crippen LogP contribution in [0.25, 0.3) is 11.8 Å². The summed E-state index contributed by atoms with van der Waals surface area (Å²) in [7, 11) is 2.09. The lowest BCUT2D eigenvalue weighted by Crippen LogP contribution is -2.48. The first-order valence-corrected chi connectivity index (χ1v) is 15.1. The third-order valence-electron chi connectivity index (χ3n) is 8.57. The van der Waals surface area contributed by atoms with Crippen LogP contribution < -0.4 is 4.90 Å². The zero-order chi connectivity index (χ0) is 31.1. The number of hydrogen-bond acceptors (Lipinski definition) is 9. The molecule has 1 saturated heterocycles. The number of tetrazole rings is 1. The lowest BCUT2D eigenvalue weighted by Gasteiger charge is -2.38. The average Bonchev–Trinajstić information content (AvgIpc) is 3.83. The van der Waals surface area contributed by atoms with E-state index < -0.39 is 17.8 Å². The molecule has 230 valence electrons. The van der Waals surface area contributed by atoms with Gasteiger partial charge in [0, 0.05) is 63.5 Å². The minimum absolute atomic E-state index is 0.0470. The Morgan fingerprint density at radius 1 is 1.09 bits per heavy atom. The molecule has 0 spiro atoms. The number of anilines is 1. The van der Waals surface area contributed by atoms with Gasteiger partial charge in [0.1, 0.15) is 12.4 Å². The van der Waals surface area contributed by atoms with Gasteiger partial charge in [0.15, 0.2) is 11.6 Å². The molecule has 0 N–H and O–H groups in total. The highest BCUT2D eigenvalue weighted by Gasteiger charge is 2.38. The van der Waals surface area contributed by atoms with Gasteiger partial charge in [-0.3, -0.25) is 14.6 Å². The van der Waals surface area contributed by atoms with Crippen LogP contribution in [0.15, 0.2) is 53.9 Å². The highest BCUT2D eigenvalue weighted by Crippen LogP contribution is 2.33. The van der Waals surface area contributed by atoms with Gasteiger partial charge in [0.2, 0.25) is 11.9 Å². The molecular formula is C31H30ClFN10O2. The monoisotopic (exact) mass is 628 g/mol. The number of amides is 1. The number of benzene rings is 2. The summed E-state index contributed by atoms with van der Waals surface area (Å²) < 4.78 is 18.6. The summed E-state index contributed by atoms with van der Waals surface area (Å²) >= 11 is 6.08. The topological polar surface area (TPSA) is 118 Å². The van der Waals surface area contributed by atoms with Crippen LogP contribution in [0.4, 0.5) is 10.3 Å². The molecule has 5 heterocycles. The molecule has 0 bridgehead atoms. The van der Waals surface area contributed by atoms with Crippen molar-refractivity contribution in [3.8, 4) is 5.69 Å². The fourth-order valence-electron chi connectivity index (χ4n) is 6.17. The number of likely N-dealkylation sites (N-methyl/N-ethyl adjacent to an activating group) is 1. The quantitative estimate of drug-likeness (QED) is 0.287. The molecule has 1 atom stereocenters. The molecule has 3 aliphatic heterocycles. The Bertz CT molecular complexity index is 1830. The Kier molecular flexibility index (Phi) is 7.71. The van der Waals surface area contributed by atoms with E-state index in [1.165, 1.54) is 29.2 Å². The van der Waals surface area contributed by atoms with Crippen LogP contribution in [-0.2, 0) is 29.1 Å². The number of carbonyl (C=O) groups excluding carboxylic acids is 2. The number of halogens is 2. The third kappa shape index (κ3) is 5.53. The second-order valence-corrected chi connectivity index (χ2v) is 11.8. The fourth-order valence-corrected chi connectivity index (χ4v) is 6.33. The molecule has 1 unspecified atom stereocenters. The fraction of sp³-hybridized carbons (Fsp3) is 0.323. The minimum Gasteiger partial charge on any atom is -0.340 e. The number of Topliss-reactive ketones (excluding diaryl/α,β-unsaturated/α-hetero) is 1. The van der Waals surface area contributed by atoms with E-state index >= 15 is 4.39 Å². The molecule has 45 heavy (non-hydrogen) atoms. The molecule has 7 rings (SSSR count). The van der Waals surface area contributed by atoms with Crippen LogP contribution in [0.2, 0.25) is 5.02 Å². The van der Waals surface area contributed by atoms with Gasteiger partial charge in [-0.1, -0.05) is 29.8 Å². The highest BCUT2D eigenvalue weighted by atomic mass is 35.5. The third-order valence-corrected chi connectivity index (χ3v) is 8.86. The Morgan fingerprint density at radius 3 is 2.73 bits per heavy atom. The number of fused-ring (bicyclic) bond motifs is 2. The van der Waals surface area contributed by atoms with Crippen molar-refractivity contribution in [2.24, 2.45) is 4.99 Å². The number of hydrogen-bond donors (Lipinski definition) is 0. The lowest BCUT2D eigenvalue weighted by atomic mass is 9.96. The van der Waals surface area contributed by atoms with Crippen LogP contribution in [0, 0.1) is 5.82 Å². The van der Waals surface area contributed by atoms with Crippen molar-refractivity contribution in [1.82, 2.24) is 39.6 Å². The zero-order valence-electron chi connectivity index (χ0n) is 24.6. The van der Waals surface area contributed by atoms with Crippen LogP contribution >= 0.6 is 11.6 Å². The Labute approximate surface area is 263 Å². The number of nitrogens with zero attached hydrogens (tertiary/aromatic N) is 10. The first-order valence-electron chi connectivity index (χ1n) is 14.7. The van der Waals surface area contributed by atoms with Gasteiger partial charge in [-0.2, -0.15) is 4.68 Å². The Balaban J connectivity index is 1.21. The van der Waals surface area contributed by atoms with E-state index in [4.69, 9.17) is 16.6 Å². The molecular weight excluding hydrogens is 599 g/mol. The lowest BCUT2D eigenvalue weighted by molar-refractivity contribution is -0.137. The normalized spacial score (nSPS) is 18.1. The van der Waals surface area contributed by atoms with Crippen LogP contribution in [0.5, 0.6) is 0 Å². The first-order chi connectivity index (χ1) is 21.9. The summed E-state index contributed by atoms with van der Waals surface area (Å²) in [6.45, 7) is 4.80. The van der Waals surface area contributed by atoms with E-state index in [9.17, 15) is 9.59 Å². The summed E-state index contributed by atoms with van der Waals surface area (Å²) in [5.41, 5.74) is 4.00. The molecule has 12 nitrogen and oxygen atoms in total. The number of imidazole rings is 1. The zero-order valence-corrected chi connectivity index (χ0v) is 25.3. The molecule has 2 aromatic carbocycles. The van der Waals surface area contributed by atoms with Gasteiger partial charge < -0.3 is 19.3 Å². The number of piperazine rings is 1. The first kappa shape index (κ1) is 29.0. The summed E-state index contributed by atoms with van der Waals surface area (Å²) in [5.74, 6) is -0.480. The van der Waals surface area contributed by atoms with Crippen molar-refractivity contribution in [3.05, 3.63) is 87.7 Å². The van der Waals surface area contributed by atoms with Crippen molar-refractivity contribution in [2.75, 3.05) is 44.7 Å². The van der Waals surface area contributed by atoms with E-state index in [-0.39, 0.29) is 29.3 Å². The summed E-state index contributed by atoms with van der Waals surface area (Å²) in [4.78, 5) is 43.1. The van der Waals surface area contributed by atoms with Crippen LogP contribution in [0.3, 0.4) is 0 Å². The van der Waals surface area contributed by atoms with Crippen LogP contribution in [0.1, 0.15) is 34.0 Å². The van der Waals surface area contributed by atoms with Gasteiger partial charge in [0.05, 0.1) is 29.1 Å². The van der Waals surface area contributed by atoms with Gasteiger partial charge >= 0.3 is 0 Å². The van der Waals surface area contributed by atoms with Crippen molar-refractivity contribution in [1.29, 1.82) is 0 Å². The maximum absolute atomic E-state index is 15.2. The van der Waals surface area contributed by atoms with Crippen molar-refractivity contribution in [3.63, 3.8) is 0 Å². The molecule has 1 fully saturated rings. The summed E-state index contributed by atoms with van der Waals surface area (Å²) in [6, 6.07) is 7.99. The maximum Gasteiger partial charge on any atom is 0.247 e. The molecule has 4 aromatic rings. The summed E-state index contributed by atoms with van der Waals surface area (Å²) in [6.07, 6.45) is 7.62. The predicted molar refractivity (Wildman–Crippen MR) is 166 cm³/mol. The second kappa shape index (κ2) is 12.0. The molecule has 0 saturated carbocycles.